The zero-order valence-corrected chi connectivity index (χ0v) is 6.49. The van der Waals surface area contributed by atoms with Crippen LogP contribution in [0.4, 0.5) is 5.82 Å². The number of halogens is 2. The minimum atomic E-state index is -0.154. The van der Waals surface area contributed by atoms with Crippen molar-refractivity contribution in [3.8, 4) is 5.75 Å². The first kappa shape index (κ1) is 9.33. The first-order chi connectivity index (χ1) is 4.22. The summed E-state index contributed by atoms with van der Waals surface area (Å²) < 4.78 is 0. The van der Waals surface area contributed by atoms with E-state index in [1.165, 1.54) is 12.3 Å². The zero-order chi connectivity index (χ0) is 6.85. The van der Waals surface area contributed by atoms with Crippen LogP contribution in [0, 0.1) is 0 Å². The van der Waals surface area contributed by atoms with Gasteiger partial charge in [-0.15, -0.1) is 12.4 Å². The highest BCUT2D eigenvalue weighted by molar-refractivity contribution is 6.32. The van der Waals surface area contributed by atoms with Crippen LogP contribution >= 0.6 is 24.0 Å². The fourth-order valence-corrected chi connectivity index (χ4v) is 0.599. The highest BCUT2D eigenvalue weighted by atomic mass is 35.5. The minimum Gasteiger partial charge on any atom is -0.503 e. The number of nitrogen functional groups attached to an aromatic ring is 1. The number of anilines is 1. The van der Waals surface area contributed by atoms with Gasteiger partial charge in [-0.05, 0) is 6.07 Å². The molecule has 1 aromatic rings. The van der Waals surface area contributed by atoms with Crippen molar-refractivity contribution in [3.63, 3.8) is 0 Å². The van der Waals surface area contributed by atoms with Crippen LogP contribution in [0.3, 0.4) is 0 Å². The van der Waals surface area contributed by atoms with Crippen LogP contribution in [0.25, 0.3) is 0 Å². The van der Waals surface area contributed by atoms with E-state index in [0.717, 1.165) is 0 Å². The number of aromatic nitrogens is 1. The summed E-state index contributed by atoms with van der Waals surface area (Å²) in [4.78, 5) is 3.58. The lowest BCUT2D eigenvalue weighted by molar-refractivity contribution is 0.476. The van der Waals surface area contributed by atoms with Gasteiger partial charge < -0.3 is 10.8 Å². The van der Waals surface area contributed by atoms with Gasteiger partial charge in [-0.25, -0.2) is 4.98 Å². The molecule has 0 spiro atoms. The number of nitrogens with zero attached hydrogens (tertiary/aromatic N) is 1. The molecule has 0 saturated carbocycles. The average Bonchev–Trinajstić information content (AvgIpc) is 1.83. The van der Waals surface area contributed by atoms with Gasteiger partial charge in [0.1, 0.15) is 0 Å². The summed E-state index contributed by atoms with van der Waals surface area (Å²) in [6.45, 7) is 0. The smallest absolute Gasteiger partial charge is 0.176 e. The number of aromatic hydroxyl groups is 1. The van der Waals surface area contributed by atoms with Gasteiger partial charge in [0.25, 0.3) is 0 Å². The molecule has 0 radical (unpaired) electrons. The Kier molecular flexibility index (Phi) is 3.25. The summed E-state index contributed by atoms with van der Waals surface area (Å²) in [7, 11) is 0. The fraction of sp³-hybridized carbons (Fsp3) is 0. The van der Waals surface area contributed by atoms with E-state index in [9.17, 15) is 0 Å². The van der Waals surface area contributed by atoms with Crippen molar-refractivity contribution in [1.82, 2.24) is 4.98 Å². The van der Waals surface area contributed by atoms with E-state index in [4.69, 9.17) is 22.4 Å². The molecule has 0 amide bonds. The summed E-state index contributed by atoms with van der Waals surface area (Å²) in [5.41, 5.74) is 5.18. The van der Waals surface area contributed by atoms with Gasteiger partial charge in [0.2, 0.25) is 0 Å². The normalized spacial score (nSPS) is 8.50. The zero-order valence-electron chi connectivity index (χ0n) is 4.91. The predicted molar refractivity (Wildman–Crippen MR) is 42.6 cm³/mol. The third-order valence-electron chi connectivity index (χ3n) is 0.903. The maximum atomic E-state index is 8.89. The molecule has 0 aliphatic carbocycles. The highest BCUT2D eigenvalue weighted by Crippen LogP contribution is 2.25. The summed E-state index contributed by atoms with van der Waals surface area (Å²) in [5.74, 6) is -0.0957. The van der Waals surface area contributed by atoms with Crippen molar-refractivity contribution in [2.24, 2.45) is 0 Å². The van der Waals surface area contributed by atoms with Crippen molar-refractivity contribution in [2.75, 3.05) is 5.73 Å². The van der Waals surface area contributed by atoms with Crippen LogP contribution < -0.4 is 5.73 Å². The molecule has 10 heavy (non-hydrogen) atoms. The Morgan fingerprint density at radius 3 is 2.60 bits per heavy atom. The predicted octanol–water partition coefficient (Wildman–Crippen LogP) is 1.44. The lowest BCUT2D eigenvalue weighted by Crippen LogP contribution is -1.88. The van der Waals surface area contributed by atoms with Crippen molar-refractivity contribution < 1.29 is 5.11 Å². The Bertz CT molecular complexity index is 209. The van der Waals surface area contributed by atoms with Gasteiger partial charge in [-0.1, -0.05) is 11.6 Å². The molecule has 0 saturated heterocycles. The molecule has 0 unspecified atom stereocenters. The Morgan fingerprint density at radius 2 is 2.20 bits per heavy atom. The quantitative estimate of drug-likeness (QED) is 0.636. The van der Waals surface area contributed by atoms with E-state index in [1.54, 1.807) is 0 Å². The van der Waals surface area contributed by atoms with Crippen LogP contribution in [-0.2, 0) is 0 Å². The largest absolute Gasteiger partial charge is 0.503 e. The van der Waals surface area contributed by atoms with E-state index in [-0.39, 0.29) is 29.0 Å². The second kappa shape index (κ2) is 3.49. The van der Waals surface area contributed by atoms with E-state index in [2.05, 4.69) is 4.98 Å². The van der Waals surface area contributed by atoms with Crippen LogP contribution in [0.5, 0.6) is 5.75 Å². The number of pyridine rings is 1. The van der Waals surface area contributed by atoms with E-state index in [0.29, 0.717) is 0 Å². The van der Waals surface area contributed by atoms with Gasteiger partial charge in [-0.2, -0.15) is 0 Å². The van der Waals surface area contributed by atoms with Crippen LogP contribution in [0.15, 0.2) is 12.3 Å². The molecule has 1 rings (SSSR count). The van der Waals surface area contributed by atoms with E-state index < -0.39 is 0 Å². The van der Waals surface area contributed by atoms with Gasteiger partial charge >= 0.3 is 0 Å². The van der Waals surface area contributed by atoms with E-state index in [1.807, 2.05) is 0 Å². The molecular formula is C5H6Cl2N2O. The second-order valence-corrected chi connectivity index (χ2v) is 1.93. The number of rotatable bonds is 0. The molecule has 3 nitrogen and oxygen atoms in total. The molecule has 0 aromatic carbocycles. The molecule has 1 heterocycles. The highest BCUT2D eigenvalue weighted by Gasteiger charge is 1.99. The standard InChI is InChI=1S/C5H5ClN2O.ClH/c6-3-1-2-8-5(7)4(3)9;/h1-2,9H,(H2,7,8);1H. The molecule has 0 fully saturated rings. The second-order valence-electron chi connectivity index (χ2n) is 1.53. The van der Waals surface area contributed by atoms with E-state index >= 15 is 0 Å². The monoisotopic (exact) mass is 180 g/mol. The van der Waals surface area contributed by atoms with Crippen LogP contribution in [0.2, 0.25) is 5.02 Å². The lowest BCUT2D eigenvalue weighted by atomic mass is 10.4. The SMILES string of the molecule is Cl.Nc1nccc(Cl)c1O. The summed E-state index contributed by atoms with van der Waals surface area (Å²) in [6.07, 6.45) is 1.43. The molecule has 56 valence electrons. The maximum Gasteiger partial charge on any atom is 0.176 e. The maximum absolute atomic E-state index is 8.89. The average molecular weight is 181 g/mol. The molecule has 5 heteroatoms. The lowest BCUT2D eigenvalue weighted by Gasteiger charge is -1.96. The fourth-order valence-electron chi connectivity index (χ4n) is 0.445. The van der Waals surface area contributed by atoms with Crippen molar-refractivity contribution in [3.05, 3.63) is 17.3 Å². The van der Waals surface area contributed by atoms with Crippen molar-refractivity contribution in [2.45, 2.75) is 0 Å². The third-order valence-corrected chi connectivity index (χ3v) is 1.21. The topological polar surface area (TPSA) is 59.1 Å². The molecule has 0 aliphatic rings. The van der Waals surface area contributed by atoms with Gasteiger partial charge in [0, 0.05) is 6.20 Å². The Labute approximate surface area is 69.2 Å². The minimum absolute atomic E-state index is 0. The van der Waals surface area contributed by atoms with Crippen molar-refractivity contribution >= 4 is 29.8 Å². The first-order valence-electron chi connectivity index (χ1n) is 2.31. The van der Waals surface area contributed by atoms with Crippen molar-refractivity contribution in [1.29, 1.82) is 0 Å². The number of nitrogens with two attached hydrogens (primary N) is 1. The summed E-state index contributed by atoms with van der Waals surface area (Å²) >= 11 is 5.44. The Morgan fingerprint density at radius 1 is 1.60 bits per heavy atom. The Balaban J connectivity index is 0.000000810. The molecular weight excluding hydrogens is 175 g/mol. The number of hydrogen-bond donors (Lipinski definition) is 2. The van der Waals surface area contributed by atoms with Gasteiger partial charge in [0.05, 0.1) is 5.02 Å². The first-order valence-corrected chi connectivity index (χ1v) is 2.68. The molecule has 0 bridgehead atoms. The molecule has 3 N–H and O–H groups in total. The van der Waals surface area contributed by atoms with Gasteiger partial charge in [-0.3, -0.25) is 0 Å². The van der Waals surface area contributed by atoms with Crippen LogP contribution in [-0.4, -0.2) is 10.1 Å². The molecule has 1 aromatic heterocycles. The summed E-state index contributed by atoms with van der Waals surface area (Å²) in [5, 5.41) is 9.11. The van der Waals surface area contributed by atoms with Crippen LogP contribution in [0.1, 0.15) is 0 Å². The number of hydrogen-bond acceptors (Lipinski definition) is 3. The molecule has 0 atom stereocenters. The molecule has 0 aliphatic heterocycles. The van der Waals surface area contributed by atoms with Gasteiger partial charge in [0.15, 0.2) is 11.6 Å². The third kappa shape index (κ3) is 1.65. The summed E-state index contributed by atoms with van der Waals surface area (Å²) in [6, 6.07) is 1.47. The Hall–Kier alpha value is -0.670.